The topological polar surface area (TPSA) is 61.0 Å². The van der Waals surface area contributed by atoms with Gasteiger partial charge in [0, 0.05) is 12.3 Å². The van der Waals surface area contributed by atoms with Gasteiger partial charge < -0.3 is 10.5 Å². The molecule has 0 bridgehead atoms. The van der Waals surface area contributed by atoms with Crippen molar-refractivity contribution >= 4 is 5.95 Å². The molecule has 4 nitrogen and oxygen atoms in total. The smallest absolute Gasteiger partial charge is 0.224 e. The predicted molar refractivity (Wildman–Crippen MR) is 62.4 cm³/mol. The first-order chi connectivity index (χ1) is 7.66. The summed E-state index contributed by atoms with van der Waals surface area (Å²) in [4.78, 5) is 7.79. The molecule has 0 unspecified atom stereocenters. The Kier molecular flexibility index (Phi) is 2.72. The van der Waals surface area contributed by atoms with E-state index in [2.05, 4.69) is 9.97 Å². The van der Waals surface area contributed by atoms with Crippen molar-refractivity contribution in [1.29, 1.82) is 0 Å². The number of benzene rings is 1. The lowest BCUT2D eigenvalue weighted by molar-refractivity contribution is 0.458. The number of ether oxygens (including phenoxy) is 1. The Bertz CT molecular complexity index is 511. The SMILES string of the molecule is Cc1cccc(Oc2ccnc(N)n2)c1C. The highest BCUT2D eigenvalue weighted by Crippen LogP contribution is 2.25. The van der Waals surface area contributed by atoms with E-state index in [0.29, 0.717) is 5.88 Å². The Hall–Kier alpha value is -2.10. The third-order valence-electron chi connectivity index (χ3n) is 2.42. The van der Waals surface area contributed by atoms with E-state index >= 15 is 0 Å². The first kappa shape index (κ1) is 10.4. The molecule has 0 spiro atoms. The third-order valence-corrected chi connectivity index (χ3v) is 2.42. The fraction of sp³-hybridized carbons (Fsp3) is 0.167. The van der Waals surface area contributed by atoms with Crippen LogP contribution in [0.2, 0.25) is 0 Å². The molecule has 2 aromatic rings. The van der Waals surface area contributed by atoms with E-state index in [9.17, 15) is 0 Å². The predicted octanol–water partition coefficient (Wildman–Crippen LogP) is 2.47. The molecule has 82 valence electrons. The molecule has 4 heteroatoms. The summed E-state index contributed by atoms with van der Waals surface area (Å²) in [7, 11) is 0. The standard InChI is InChI=1S/C12H13N3O/c1-8-4-3-5-10(9(8)2)16-11-6-7-14-12(13)15-11/h3-7H,1-2H3,(H2,13,14,15). The minimum absolute atomic E-state index is 0.211. The van der Waals surface area contributed by atoms with Crippen LogP contribution in [-0.2, 0) is 0 Å². The minimum atomic E-state index is 0.211. The molecule has 1 heterocycles. The number of hydrogen-bond donors (Lipinski definition) is 1. The zero-order valence-electron chi connectivity index (χ0n) is 9.27. The molecule has 1 aromatic heterocycles. The lowest BCUT2D eigenvalue weighted by Gasteiger charge is -2.09. The Balaban J connectivity index is 2.31. The molecule has 0 fully saturated rings. The molecule has 1 aromatic carbocycles. The number of rotatable bonds is 2. The first-order valence-corrected chi connectivity index (χ1v) is 4.99. The van der Waals surface area contributed by atoms with Crippen LogP contribution in [0, 0.1) is 13.8 Å². The van der Waals surface area contributed by atoms with E-state index in [1.807, 2.05) is 32.0 Å². The van der Waals surface area contributed by atoms with Gasteiger partial charge in [-0.2, -0.15) is 4.98 Å². The van der Waals surface area contributed by atoms with Gasteiger partial charge in [0.15, 0.2) is 0 Å². The van der Waals surface area contributed by atoms with Crippen LogP contribution in [-0.4, -0.2) is 9.97 Å². The summed E-state index contributed by atoms with van der Waals surface area (Å²) in [5, 5.41) is 0. The van der Waals surface area contributed by atoms with Crippen LogP contribution in [0.1, 0.15) is 11.1 Å². The summed E-state index contributed by atoms with van der Waals surface area (Å²) in [5.74, 6) is 1.46. The second-order valence-electron chi connectivity index (χ2n) is 3.55. The molecule has 0 atom stereocenters. The third kappa shape index (κ3) is 2.11. The van der Waals surface area contributed by atoms with Crippen molar-refractivity contribution in [1.82, 2.24) is 9.97 Å². The lowest BCUT2D eigenvalue weighted by atomic mass is 10.1. The summed E-state index contributed by atoms with van der Waals surface area (Å²) >= 11 is 0. The van der Waals surface area contributed by atoms with E-state index < -0.39 is 0 Å². The van der Waals surface area contributed by atoms with Crippen molar-refractivity contribution in [3.63, 3.8) is 0 Å². The van der Waals surface area contributed by atoms with E-state index in [0.717, 1.165) is 11.3 Å². The molecule has 2 N–H and O–H groups in total. The molecule has 0 saturated heterocycles. The fourth-order valence-electron chi connectivity index (χ4n) is 1.36. The van der Waals surface area contributed by atoms with Gasteiger partial charge in [-0.05, 0) is 31.0 Å². The molecule has 16 heavy (non-hydrogen) atoms. The van der Waals surface area contributed by atoms with Crippen molar-refractivity contribution in [3.8, 4) is 11.6 Å². The number of nitrogens with two attached hydrogens (primary N) is 1. The summed E-state index contributed by atoms with van der Waals surface area (Å²) in [6.45, 7) is 4.05. The van der Waals surface area contributed by atoms with Gasteiger partial charge in [-0.15, -0.1) is 0 Å². The molecular weight excluding hydrogens is 202 g/mol. The van der Waals surface area contributed by atoms with Crippen LogP contribution in [0.5, 0.6) is 11.6 Å². The van der Waals surface area contributed by atoms with Crippen LogP contribution in [0.4, 0.5) is 5.95 Å². The average Bonchev–Trinajstić information content (AvgIpc) is 2.25. The first-order valence-electron chi connectivity index (χ1n) is 4.99. The highest BCUT2D eigenvalue weighted by Gasteiger charge is 2.04. The number of aromatic nitrogens is 2. The molecule has 0 aliphatic heterocycles. The fourth-order valence-corrected chi connectivity index (χ4v) is 1.36. The molecule has 2 rings (SSSR count). The summed E-state index contributed by atoms with van der Waals surface area (Å²) in [5.41, 5.74) is 7.76. The summed E-state index contributed by atoms with van der Waals surface area (Å²) in [6, 6.07) is 7.57. The number of nitrogen functional groups attached to an aromatic ring is 1. The molecule has 0 radical (unpaired) electrons. The van der Waals surface area contributed by atoms with Gasteiger partial charge in [-0.3, -0.25) is 0 Å². The Morgan fingerprint density at radius 1 is 1.19 bits per heavy atom. The summed E-state index contributed by atoms with van der Waals surface area (Å²) in [6.07, 6.45) is 1.57. The number of anilines is 1. The van der Waals surface area contributed by atoms with Gasteiger partial charge in [0.05, 0.1) is 0 Å². The van der Waals surface area contributed by atoms with Crippen molar-refractivity contribution in [2.75, 3.05) is 5.73 Å². The second-order valence-corrected chi connectivity index (χ2v) is 3.55. The largest absolute Gasteiger partial charge is 0.439 e. The van der Waals surface area contributed by atoms with E-state index in [1.165, 1.54) is 5.56 Å². The van der Waals surface area contributed by atoms with Crippen molar-refractivity contribution in [3.05, 3.63) is 41.6 Å². The quantitative estimate of drug-likeness (QED) is 0.835. The highest BCUT2D eigenvalue weighted by atomic mass is 16.5. The Morgan fingerprint density at radius 2 is 2.00 bits per heavy atom. The maximum Gasteiger partial charge on any atom is 0.224 e. The van der Waals surface area contributed by atoms with Gasteiger partial charge in [0.2, 0.25) is 11.8 Å². The Labute approximate surface area is 94.1 Å². The van der Waals surface area contributed by atoms with Crippen LogP contribution in [0.25, 0.3) is 0 Å². The molecule has 0 amide bonds. The van der Waals surface area contributed by atoms with Gasteiger partial charge in [-0.25, -0.2) is 4.98 Å². The lowest BCUT2D eigenvalue weighted by Crippen LogP contribution is -1.97. The summed E-state index contributed by atoms with van der Waals surface area (Å²) < 4.78 is 5.64. The normalized spacial score (nSPS) is 10.1. The maximum absolute atomic E-state index is 5.64. The number of hydrogen-bond acceptors (Lipinski definition) is 4. The zero-order valence-corrected chi connectivity index (χ0v) is 9.27. The Morgan fingerprint density at radius 3 is 2.75 bits per heavy atom. The van der Waals surface area contributed by atoms with Crippen LogP contribution >= 0.6 is 0 Å². The van der Waals surface area contributed by atoms with Gasteiger partial charge >= 0.3 is 0 Å². The van der Waals surface area contributed by atoms with Gasteiger partial charge in [0.25, 0.3) is 0 Å². The van der Waals surface area contributed by atoms with Crippen molar-refractivity contribution < 1.29 is 4.74 Å². The van der Waals surface area contributed by atoms with E-state index in [-0.39, 0.29) is 5.95 Å². The molecule has 0 aliphatic rings. The van der Waals surface area contributed by atoms with Crippen LogP contribution in [0.3, 0.4) is 0 Å². The molecule has 0 aliphatic carbocycles. The monoisotopic (exact) mass is 215 g/mol. The number of aryl methyl sites for hydroxylation is 1. The van der Waals surface area contributed by atoms with Crippen molar-refractivity contribution in [2.24, 2.45) is 0 Å². The average molecular weight is 215 g/mol. The van der Waals surface area contributed by atoms with E-state index in [4.69, 9.17) is 10.5 Å². The zero-order chi connectivity index (χ0) is 11.5. The number of nitrogens with zero attached hydrogens (tertiary/aromatic N) is 2. The van der Waals surface area contributed by atoms with E-state index in [1.54, 1.807) is 12.3 Å². The highest BCUT2D eigenvalue weighted by molar-refractivity contribution is 5.40. The minimum Gasteiger partial charge on any atom is -0.439 e. The van der Waals surface area contributed by atoms with Crippen LogP contribution < -0.4 is 10.5 Å². The second kappa shape index (κ2) is 4.18. The van der Waals surface area contributed by atoms with Gasteiger partial charge in [-0.1, -0.05) is 12.1 Å². The van der Waals surface area contributed by atoms with Gasteiger partial charge in [0.1, 0.15) is 5.75 Å². The van der Waals surface area contributed by atoms with Crippen molar-refractivity contribution in [2.45, 2.75) is 13.8 Å². The van der Waals surface area contributed by atoms with Crippen LogP contribution in [0.15, 0.2) is 30.5 Å². The molecular formula is C12H13N3O. The molecule has 0 saturated carbocycles. The maximum atomic E-state index is 5.64.